The number of rotatable bonds is 3. The quantitative estimate of drug-likeness (QED) is 0.850. The molecule has 21 heavy (non-hydrogen) atoms. The van der Waals surface area contributed by atoms with Crippen molar-refractivity contribution in [2.24, 2.45) is 0 Å². The zero-order valence-electron chi connectivity index (χ0n) is 11.0. The molecule has 0 amide bonds. The summed E-state index contributed by atoms with van der Waals surface area (Å²) in [6.45, 7) is 1.78. The molecule has 108 valence electrons. The highest BCUT2D eigenvalue weighted by atomic mass is 35.5. The van der Waals surface area contributed by atoms with Crippen LogP contribution in [0.4, 0.5) is 5.69 Å². The highest BCUT2D eigenvalue weighted by molar-refractivity contribution is 7.92. The largest absolute Gasteiger partial charge is 0.506 e. The Bertz CT molecular complexity index is 842. The van der Waals surface area contributed by atoms with Gasteiger partial charge >= 0.3 is 0 Å². The Kier molecular flexibility index (Phi) is 4.07. The number of nitriles is 1. The summed E-state index contributed by atoms with van der Waals surface area (Å²) in [6.07, 6.45) is 0. The molecule has 2 N–H and O–H groups in total. The number of benzene rings is 2. The van der Waals surface area contributed by atoms with Gasteiger partial charge < -0.3 is 5.11 Å². The predicted molar refractivity (Wildman–Crippen MR) is 79.8 cm³/mol. The fourth-order valence-electron chi connectivity index (χ4n) is 1.69. The van der Waals surface area contributed by atoms with E-state index in [1.807, 2.05) is 6.07 Å². The Labute approximate surface area is 127 Å². The summed E-state index contributed by atoms with van der Waals surface area (Å²) in [7, 11) is -3.90. The van der Waals surface area contributed by atoms with Crippen LogP contribution in [0.25, 0.3) is 0 Å². The summed E-state index contributed by atoms with van der Waals surface area (Å²) < 4.78 is 26.7. The minimum Gasteiger partial charge on any atom is -0.506 e. The van der Waals surface area contributed by atoms with Crippen LogP contribution in [0.3, 0.4) is 0 Å². The monoisotopic (exact) mass is 322 g/mol. The first-order chi connectivity index (χ1) is 9.83. The lowest BCUT2D eigenvalue weighted by molar-refractivity contribution is 0.477. The van der Waals surface area contributed by atoms with E-state index in [1.165, 1.54) is 30.3 Å². The van der Waals surface area contributed by atoms with Gasteiger partial charge in [-0.2, -0.15) is 5.26 Å². The van der Waals surface area contributed by atoms with Crippen molar-refractivity contribution >= 4 is 27.3 Å². The third kappa shape index (κ3) is 3.27. The third-order valence-electron chi connectivity index (χ3n) is 2.77. The average Bonchev–Trinajstić information content (AvgIpc) is 2.42. The summed E-state index contributed by atoms with van der Waals surface area (Å²) in [5.41, 5.74) is 1.06. The molecule has 0 heterocycles. The van der Waals surface area contributed by atoms with Gasteiger partial charge in [0, 0.05) is 0 Å². The molecular weight excluding hydrogens is 312 g/mol. The highest BCUT2D eigenvalue weighted by Crippen LogP contribution is 2.28. The van der Waals surface area contributed by atoms with Gasteiger partial charge in [0.15, 0.2) is 0 Å². The van der Waals surface area contributed by atoms with Crippen LogP contribution in [-0.4, -0.2) is 13.5 Å². The van der Waals surface area contributed by atoms with Crippen LogP contribution in [0.2, 0.25) is 5.02 Å². The highest BCUT2D eigenvalue weighted by Gasteiger charge is 2.17. The third-order valence-corrected chi connectivity index (χ3v) is 4.44. The maximum atomic E-state index is 12.2. The Morgan fingerprint density at radius 2 is 1.95 bits per heavy atom. The zero-order chi connectivity index (χ0) is 15.6. The van der Waals surface area contributed by atoms with E-state index < -0.39 is 10.0 Å². The summed E-state index contributed by atoms with van der Waals surface area (Å²) in [5.74, 6) is -0.168. The maximum absolute atomic E-state index is 12.2. The lowest BCUT2D eigenvalue weighted by Gasteiger charge is -2.10. The maximum Gasteiger partial charge on any atom is 0.262 e. The van der Waals surface area contributed by atoms with E-state index in [2.05, 4.69) is 4.72 Å². The molecule has 2 rings (SSSR count). The molecule has 0 unspecified atom stereocenters. The fourth-order valence-corrected chi connectivity index (χ4v) is 3.07. The van der Waals surface area contributed by atoms with Crippen molar-refractivity contribution in [1.82, 2.24) is 0 Å². The first kappa shape index (κ1) is 15.2. The van der Waals surface area contributed by atoms with Crippen molar-refractivity contribution in [1.29, 1.82) is 5.26 Å². The molecule has 7 heteroatoms. The van der Waals surface area contributed by atoms with Crippen LogP contribution in [0.15, 0.2) is 41.3 Å². The molecular formula is C14H11ClN2O3S. The smallest absolute Gasteiger partial charge is 0.262 e. The number of halogens is 1. The summed E-state index contributed by atoms with van der Waals surface area (Å²) >= 11 is 5.83. The molecule has 2 aromatic rings. The average molecular weight is 323 g/mol. The lowest BCUT2D eigenvalue weighted by atomic mass is 10.2. The van der Waals surface area contributed by atoms with Gasteiger partial charge in [-0.05, 0) is 42.8 Å². The van der Waals surface area contributed by atoms with Crippen molar-refractivity contribution in [2.75, 3.05) is 4.72 Å². The van der Waals surface area contributed by atoms with Crippen molar-refractivity contribution < 1.29 is 13.5 Å². The number of hydrogen-bond donors (Lipinski definition) is 2. The van der Waals surface area contributed by atoms with Crippen LogP contribution in [0.1, 0.15) is 11.1 Å². The standard InChI is InChI=1S/C14H11ClN2O3S/c1-9-2-5-13(14(18)6-9)17-21(19,20)11-4-3-10(8-16)12(15)7-11/h2-7,17-18H,1H3. The van der Waals surface area contributed by atoms with E-state index in [0.29, 0.717) is 0 Å². The Hall–Kier alpha value is -2.23. The summed E-state index contributed by atoms with van der Waals surface area (Å²) in [6, 6.07) is 10.2. The number of nitrogens with one attached hydrogen (secondary N) is 1. The van der Waals surface area contributed by atoms with Crippen molar-refractivity contribution in [2.45, 2.75) is 11.8 Å². The fraction of sp³-hybridized carbons (Fsp3) is 0.0714. The summed E-state index contributed by atoms with van der Waals surface area (Å²) in [4.78, 5) is -0.0912. The molecule has 0 radical (unpaired) electrons. The number of phenols is 1. The van der Waals surface area contributed by atoms with Crippen LogP contribution < -0.4 is 4.72 Å². The van der Waals surface area contributed by atoms with Crippen LogP contribution in [0, 0.1) is 18.3 Å². The molecule has 0 bridgehead atoms. The van der Waals surface area contributed by atoms with E-state index in [4.69, 9.17) is 16.9 Å². The number of aryl methyl sites for hydroxylation is 1. The summed E-state index contributed by atoms with van der Waals surface area (Å²) in [5, 5.41) is 18.6. The van der Waals surface area contributed by atoms with Gasteiger partial charge in [0.1, 0.15) is 11.8 Å². The normalized spacial score (nSPS) is 10.9. The second-order valence-corrected chi connectivity index (χ2v) is 6.47. The zero-order valence-corrected chi connectivity index (χ0v) is 12.5. The molecule has 0 saturated carbocycles. The molecule has 0 saturated heterocycles. The van der Waals surface area contributed by atoms with E-state index in [9.17, 15) is 13.5 Å². The molecule has 0 fully saturated rings. The van der Waals surface area contributed by atoms with Gasteiger partial charge in [-0.15, -0.1) is 0 Å². The second-order valence-electron chi connectivity index (χ2n) is 4.38. The van der Waals surface area contributed by atoms with E-state index in [1.54, 1.807) is 13.0 Å². The van der Waals surface area contributed by atoms with E-state index in [0.717, 1.165) is 5.56 Å². The number of nitrogens with zero attached hydrogens (tertiary/aromatic N) is 1. The van der Waals surface area contributed by atoms with Gasteiger partial charge in [0.25, 0.3) is 10.0 Å². The van der Waals surface area contributed by atoms with Crippen molar-refractivity contribution in [3.8, 4) is 11.8 Å². The first-order valence-corrected chi connectivity index (χ1v) is 7.71. The minimum absolute atomic E-state index is 0.0495. The topological polar surface area (TPSA) is 90.2 Å². The Balaban J connectivity index is 2.39. The predicted octanol–water partition coefficient (Wildman–Crippen LogP) is 3.03. The minimum atomic E-state index is -3.90. The number of anilines is 1. The molecule has 0 spiro atoms. The van der Waals surface area contributed by atoms with Crippen LogP contribution in [-0.2, 0) is 10.0 Å². The Morgan fingerprint density at radius 1 is 1.24 bits per heavy atom. The van der Waals surface area contributed by atoms with Gasteiger partial charge in [-0.3, -0.25) is 4.72 Å². The molecule has 0 atom stereocenters. The van der Waals surface area contributed by atoms with Crippen molar-refractivity contribution in [3.05, 3.63) is 52.5 Å². The molecule has 0 aliphatic rings. The van der Waals surface area contributed by atoms with E-state index >= 15 is 0 Å². The number of sulfonamides is 1. The number of phenolic OH excluding ortho intramolecular Hbond substituents is 1. The molecule has 2 aromatic carbocycles. The van der Waals surface area contributed by atoms with Crippen molar-refractivity contribution in [3.63, 3.8) is 0 Å². The van der Waals surface area contributed by atoms with Gasteiger partial charge in [0.05, 0.1) is 21.2 Å². The molecule has 0 aromatic heterocycles. The SMILES string of the molecule is Cc1ccc(NS(=O)(=O)c2ccc(C#N)c(Cl)c2)c(O)c1. The molecule has 5 nitrogen and oxygen atoms in total. The van der Waals surface area contributed by atoms with Crippen LogP contribution >= 0.6 is 11.6 Å². The van der Waals surface area contributed by atoms with Gasteiger partial charge in [-0.1, -0.05) is 17.7 Å². The van der Waals surface area contributed by atoms with E-state index in [-0.39, 0.29) is 26.9 Å². The number of aromatic hydroxyl groups is 1. The molecule has 0 aliphatic heterocycles. The van der Waals surface area contributed by atoms with Crippen LogP contribution in [0.5, 0.6) is 5.75 Å². The molecule has 0 aliphatic carbocycles. The second kappa shape index (κ2) is 5.64. The number of hydrogen-bond acceptors (Lipinski definition) is 4. The first-order valence-electron chi connectivity index (χ1n) is 5.85. The Morgan fingerprint density at radius 3 is 2.52 bits per heavy atom. The van der Waals surface area contributed by atoms with Gasteiger partial charge in [0.2, 0.25) is 0 Å². The lowest BCUT2D eigenvalue weighted by Crippen LogP contribution is -2.13. The van der Waals surface area contributed by atoms with Gasteiger partial charge in [-0.25, -0.2) is 8.42 Å².